The Kier molecular flexibility index (Phi) is 5.23. The first-order valence-corrected chi connectivity index (χ1v) is 7.05. The van der Waals surface area contributed by atoms with Crippen LogP contribution in [0.25, 0.3) is 0 Å². The van der Waals surface area contributed by atoms with Gasteiger partial charge in [-0.05, 0) is 23.6 Å². The van der Waals surface area contributed by atoms with Crippen molar-refractivity contribution in [1.82, 2.24) is 15.2 Å². The van der Waals surface area contributed by atoms with Crippen molar-refractivity contribution in [3.05, 3.63) is 46.9 Å². The van der Waals surface area contributed by atoms with Gasteiger partial charge in [-0.25, -0.2) is 15.3 Å². The number of nitrogens with zero attached hydrogens (tertiary/aromatic N) is 5. The molecule has 1 aliphatic heterocycles. The van der Waals surface area contributed by atoms with Crippen LogP contribution < -0.4 is 10.2 Å². The molecule has 122 valence electrons. The van der Waals surface area contributed by atoms with Crippen molar-refractivity contribution in [2.45, 2.75) is 0 Å². The molecule has 1 aliphatic rings. The normalized spacial score (nSPS) is 15.3. The number of aromatic nitrogens is 1. The van der Waals surface area contributed by atoms with Gasteiger partial charge in [0.2, 0.25) is 0 Å². The maximum atomic E-state index is 12.4. The number of nitrogens with one attached hydrogen (secondary N) is 1. The Morgan fingerprint density at radius 3 is 2.61 bits per heavy atom. The molecule has 0 radical (unpaired) electrons. The van der Waals surface area contributed by atoms with Crippen LogP contribution in [-0.4, -0.2) is 59.8 Å². The number of amidine groups is 1. The summed E-state index contributed by atoms with van der Waals surface area (Å²) in [5.74, 6) is -0.0796. The van der Waals surface area contributed by atoms with Crippen LogP contribution in [0.3, 0.4) is 0 Å². The number of pyridine rings is 1. The van der Waals surface area contributed by atoms with E-state index in [1.807, 2.05) is 18.2 Å². The number of anilines is 1. The van der Waals surface area contributed by atoms with E-state index in [4.69, 9.17) is 0 Å². The molecule has 1 N–H and O–H groups in total. The van der Waals surface area contributed by atoms with Crippen molar-refractivity contribution >= 4 is 17.6 Å². The summed E-state index contributed by atoms with van der Waals surface area (Å²) >= 11 is 0. The van der Waals surface area contributed by atoms with Crippen molar-refractivity contribution < 1.29 is 9.72 Å². The standard InChI is InChI=1S/C14H18N6O3/c1-11(20(22)23)17-13(15-2)14(21)19-9-7-18(8-10-19)12-5-3-4-6-16-12/h3-6H,1,7-10H2,2H3,(H,15,17). The van der Waals surface area contributed by atoms with E-state index in [1.54, 1.807) is 11.1 Å². The fourth-order valence-electron chi connectivity index (χ4n) is 2.22. The zero-order chi connectivity index (χ0) is 16.8. The van der Waals surface area contributed by atoms with Crippen LogP contribution in [0.15, 0.2) is 41.8 Å². The van der Waals surface area contributed by atoms with Crippen LogP contribution >= 0.6 is 0 Å². The van der Waals surface area contributed by atoms with Gasteiger partial charge in [-0.1, -0.05) is 6.07 Å². The van der Waals surface area contributed by atoms with E-state index < -0.39 is 10.7 Å². The Labute approximate surface area is 133 Å². The molecule has 9 heteroatoms. The summed E-state index contributed by atoms with van der Waals surface area (Å²) in [6, 6.07) is 5.68. The minimum Gasteiger partial charge on any atom is -0.358 e. The van der Waals surface area contributed by atoms with E-state index in [0.717, 1.165) is 5.82 Å². The predicted octanol–water partition coefficient (Wildman–Crippen LogP) is 0.0960. The first-order valence-electron chi connectivity index (χ1n) is 7.05. The molecule has 1 amide bonds. The average Bonchev–Trinajstić information content (AvgIpc) is 2.59. The highest BCUT2D eigenvalue weighted by Crippen LogP contribution is 2.12. The molecule has 2 rings (SSSR count). The first-order chi connectivity index (χ1) is 11.0. The zero-order valence-electron chi connectivity index (χ0n) is 12.8. The first kappa shape index (κ1) is 16.4. The number of rotatable bonds is 3. The van der Waals surface area contributed by atoms with Gasteiger partial charge in [-0.15, -0.1) is 0 Å². The molecule has 0 saturated carbocycles. The highest BCUT2D eigenvalue weighted by Gasteiger charge is 2.28. The molecule has 23 heavy (non-hydrogen) atoms. The van der Waals surface area contributed by atoms with Crippen LogP contribution in [0.2, 0.25) is 0 Å². The molecule has 0 aromatic carbocycles. The molecule has 1 aromatic heterocycles. The summed E-state index contributed by atoms with van der Waals surface area (Å²) < 4.78 is 0. The van der Waals surface area contributed by atoms with E-state index in [0.29, 0.717) is 26.2 Å². The lowest BCUT2D eigenvalue weighted by Gasteiger charge is -2.35. The highest BCUT2D eigenvalue weighted by molar-refractivity contribution is 6.38. The quantitative estimate of drug-likeness (QED) is 0.367. The van der Waals surface area contributed by atoms with Crippen molar-refractivity contribution in [1.29, 1.82) is 0 Å². The fraction of sp³-hybridized carbons (Fsp3) is 0.357. The molecule has 0 bridgehead atoms. The number of nitro groups is 1. The second kappa shape index (κ2) is 7.34. The highest BCUT2D eigenvalue weighted by atomic mass is 16.6. The van der Waals surface area contributed by atoms with E-state index >= 15 is 0 Å². The zero-order valence-corrected chi connectivity index (χ0v) is 12.8. The van der Waals surface area contributed by atoms with E-state index in [1.165, 1.54) is 7.05 Å². The number of piperazine rings is 1. The summed E-state index contributed by atoms with van der Waals surface area (Å²) in [5, 5.41) is 12.9. The van der Waals surface area contributed by atoms with E-state index in [2.05, 4.69) is 26.8 Å². The third kappa shape index (κ3) is 4.02. The maximum Gasteiger partial charge on any atom is 0.315 e. The van der Waals surface area contributed by atoms with Gasteiger partial charge in [-0.3, -0.25) is 4.79 Å². The number of carbonyl (C=O) groups is 1. The maximum absolute atomic E-state index is 12.4. The van der Waals surface area contributed by atoms with Crippen molar-refractivity contribution in [2.24, 2.45) is 4.99 Å². The van der Waals surface area contributed by atoms with Crippen LogP contribution in [0.1, 0.15) is 0 Å². The lowest BCUT2D eigenvalue weighted by molar-refractivity contribution is -0.429. The van der Waals surface area contributed by atoms with Gasteiger partial charge in [-0.2, -0.15) is 0 Å². The van der Waals surface area contributed by atoms with Gasteiger partial charge in [0.25, 0.3) is 5.84 Å². The van der Waals surface area contributed by atoms with Gasteiger partial charge in [0.15, 0.2) is 0 Å². The third-order valence-corrected chi connectivity index (χ3v) is 3.45. The number of amides is 1. The van der Waals surface area contributed by atoms with Gasteiger partial charge >= 0.3 is 11.7 Å². The van der Waals surface area contributed by atoms with Gasteiger partial charge in [0.1, 0.15) is 5.82 Å². The number of hydrogen-bond acceptors (Lipinski definition) is 6. The molecular weight excluding hydrogens is 300 g/mol. The van der Waals surface area contributed by atoms with Crippen LogP contribution in [-0.2, 0) is 4.79 Å². The minimum absolute atomic E-state index is 0.0852. The lowest BCUT2D eigenvalue weighted by atomic mass is 10.3. The van der Waals surface area contributed by atoms with Gasteiger partial charge in [0.05, 0.1) is 0 Å². The Morgan fingerprint density at radius 2 is 2.09 bits per heavy atom. The predicted molar refractivity (Wildman–Crippen MR) is 85.7 cm³/mol. The van der Waals surface area contributed by atoms with E-state index in [9.17, 15) is 14.9 Å². The lowest BCUT2D eigenvalue weighted by Crippen LogP contribution is -2.53. The van der Waals surface area contributed by atoms with Crippen molar-refractivity contribution in [2.75, 3.05) is 38.1 Å². The second-order valence-corrected chi connectivity index (χ2v) is 4.87. The molecule has 0 atom stereocenters. The Hall–Kier alpha value is -2.97. The number of aliphatic imine (C=N–C) groups is 1. The van der Waals surface area contributed by atoms with Crippen molar-refractivity contribution in [3.63, 3.8) is 0 Å². The largest absolute Gasteiger partial charge is 0.358 e. The van der Waals surface area contributed by atoms with Crippen LogP contribution in [0, 0.1) is 10.1 Å². The summed E-state index contributed by atoms with van der Waals surface area (Å²) in [7, 11) is 1.40. The topological polar surface area (TPSA) is 104 Å². The third-order valence-electron chi connectivity index (χ3n) is 3.45. The molecule has 0 spiro atoms. The average molecular weight is 318 g/mol. The summed E-state index contributed by atoms with van der Waals surface area (Å²) in [6.07, 6.45) is 1.72. The number of hydrogen-bond donors (Lipinski definition) is 1. The molecule has 0 unspecified atom stereocenters. The van der Waals surface area contributed by atoms with E-state index in [-0.39, 0.29) is 11.7 Å². The monoisotopic (exact) mass is 318 g/mol. The minimum atomic E-state index is -0.697. The molecule has 0 aliphatic carbocycles. The molecular formula is C14H18N6O3. The molecule has 9 nitrogen and oxygen atoms in total. The molecule has 1 aromatic rings. The summed E-state index contributed by atoms with van der Waals surface area (Å²) in [6.45, 7) is 5.49. The summed E-state index contributed by atoms with van der Waals surface area (Å²) in [5.41, 5.74) is 0. The second-order valence-electron chi connectivity index (χ2n) is 4.87. The van der Waals surface area contributed by atoms with Crippen LogP contribution in [0.5, 0.6) is 0 Å². The SMILES string of the molecule is C=C(NC(=NC)C(=O)N1CCN(c2ccccn2)CC1)[N+](=O)[O-]. The smallest absolute Gasteiger partial charge is 0.315 e. The van der Waals surface area contributed by atoms with Crippen LogP contribution in [0.4, 0.5) is 5.82 Å². The Morgan fingerprint density at radius 1 is 1.39 bits per heavy atom. The van der Waals surface area contributed by atoms with Crippen molar-refractivity contribution in [3.8, 4) is 0 Å². The Bertz CT molecular complexity index is 623. The molecule has 1 fully saturated rings. The Balaban J connectivity index is 1.95. The van der Waals surface area contributed by atoms with Gasteiger partial charge in [0, 0.05) is 39.4 Å². The molecule has 1 saturated heterocycles. The number of carbonyl (C=O) groups excluding carboxylic acids is 1. The molecule has 2 heterocycles. The van der Waals surface area contributed by atoms with Gasteiger partial charge < -0.3 is 19.9 Å². The summed E-state index contributed by atoms with van der Waals surface area (Å²) in [4.78, 5) is 34.0. The fourth-order valence-corrected chi connectivity index (χ4v) is 2.22.